The SMILES string of the molecule is Cc1cc(C)c(S(=O)(=O)NCC2CCC(C(=O)NC3CCC(C)CC3)CC2)c(C)c1. The van der Waals surface area contributed by atoms with Gasteiger partial charge in [-0.2, -0.15) is 0 Å². The molecule has 2 aliphatic carbocycles. The van der Waals surface area contributed by atoms with Gasteiger partial charge in [-0.3, -0.25) is 4.79 Å². The van der Waals surface area contributed by atoms with Crippen LogP contribution in [0.5, 0.6) is 0 Å². The Bertz CT molecular complexity index is 826. The third kappa shape index (κ3) is 5.85. The lowest BCUT2D eigenvalue weighted by atomic mass is 9.81. The first-order chi connectivity index (χ1) is 14.2. The molecule has 2 aliphatic rings. The van der Waals surface area contributed by atoms with E-state index in [1.807, 2.05) is 32.9 Å². The smallest absolute Gasteiger partial charge is 0.241 e. The lowest BCUT2D eigenvalue weighted by Gasteiger charge is -2.31. The molecule has 0 saturated heterocycles. The van der Waals surface area contributed by atoms with E-state index >= 15 is 0 Å². The fourth-order valence-electron chi connectivity index (χ4n) is 5.24. The van der Waals surface area contributed by atoms with Crippen molar-refractivity contribution in [3.8, 4) is 0 Å². The summed E-state index contributed by atoms with van der Waals surface area (Å²) in [5.74, 6) is 1.37. The zero-order valence-electron chi connectivity index (χ0n) is 19.0. The highest BCUT2D eigenvalue weighted by atomic mass is 32.2. The number of carbonyl (C=O) groups is 1. The molecule has 30 heavy (non-hydrogen) atoms. The zero-order chi connectivity index (χ0) is 21.9. The Balaban J connectivity index is 1.47. The second kappa shape index (κ2) is 9.82. The summed E-state index contributed by atoms with van der Waals surface area (Å²) in [6, 6.07) is 4.18. The maximum atomic E-state index is 12.9. The summed E-state index contributed by atoms with van der Waals surface area (Å²) < 4.78 is 28.6. The lowest BCUT2D eigenvalue weighted by Crippen LogP contribution is -2.42. The number of nitrogens with one attached hydrogen (secondary N) is 2. The van der Waals surface area contributed by atoms with Crippen molar-refractivity contribution >= 4 is 15.9 Å². The van der Waals surface area contributed by atoms with Gasteiger partial charge < -0.3 is 5.32 Å². The molecule has 168 valence electrons. The van der Waals surface area contributed by atoms with Crippen LogP contribution in [0.1, 0.15) is 75.0 Å². The second-order valence-corrected chi connectivity index (χ2v) is 11.5. The molecule has 3 rings (SSSR count). The molecule has 0 atom stereocenters. The Hall–Kier alpha value is -1.40. The van der Waals surface area contributed by atoms with Crippen LogP contribution in [0.4, 0.5) is 0 Å². The molecule has 0 bridgehead atoms. The topological polar surface area (TPSA) is 75.3 Å². The number of carbonyl (C=O) groups excluding carboxylic acids is 1. The molecule has 5 nitrogen and oxygen atoms in total. The van der Waals surface area contributed by atoms with Crippen LogP contribution in [0.3, 0.4) is 0 Å². The van der Waals surface area contributed by atoms with E-state index in [1.165, 1.54) is 12.8 Å². The van der Waals surface area contributed by atoms with Crippen LogP contribution in [-0.4, -0.2) is 26.9 Å². The van der Waals surface area contributed by atoms with Gasteiger partial charge in [-0.25, -0.2) is 13.1 Å². The number of sulfonamides is 1. The van der Waals surface area contributed by atoms with Crippen molar-refractivity contribution in [1.29, 1.82) is 0 Å². The summed E-state index contributed by atoms with van der Waals surface area (Å²) in [6.45, 7) is 8.42. The van der Waals surface area contributed by atoms with Gasteiger partial charge in [-0.1, -0.05) is 24.6 Å². The first-order valence-electron chi connectivity index (χ1n) is 11.5. The van der Waals surface area contributed by atoms with E-state index < -0.39 is 10.0 Å². The van der Waals surface area contributed by atoms with Crippen LogP contribution >= 0.6 is 0 Å². The van der Waals surface area contributed by atoms with E-state index in [0.29, 0.717) is 23.4 Å². The van der Waals surface area contributed by atoms with Crippen molar-refractivity contribution in [2.45, 2.75) is 90.0 Å². The minimum absolute atomic E-state index is 0.0822. The van der Waals surface area contributed by atoms with Crippen LogP contribution in [0, 0.1) is 38.5 Å². The number of rotatable bonds is 6. The first-order valence-corrected chi connectivity index (χ1v) is 13.0. The van der Waals surface area contributed by atoms with Crippen LogP contribution in [-0.2, 0) is 14.8 Å². The predicted molar refractivity (Wildman–Crippen MR) is 121 cm³/mol. The Kier molecular flexibility index (Phi) is 7.61. The molecule has 0 aromatic heterocycles. The van der Waals surface area contributed by atoms with Crippen molar-refractivity contribution in [2.24, 2.45) is 17.8 Å². The molecule has 1 aromatic carbocycles. The summed E-state index contributed by atoms with van der Waals surface area (Å²) in [6.07, 6.45) is 8.11. The van der Waals surface area contributed by atoms with Gasteiger partial charge in [0.1, 0.15) is 0 Å². The molecule has 1 aromatic rings. The van der Waals surface area contributed by atoms with Crippen LogP contribution < -0.4 is 10.0 Å². The van der Waals surface area contributed by atoms with Gasteiger partial charge >= 0.3 is 0 Å². The third-order valence-electron chi connectivity index (χ3n) is 7.02. The quantitative estimate of drug-likeness (QED) is 0.697. The highest BCUT2D eigenvalue weighted by Gasteiger charge is 2.29. The molecule has 0 unspecified atom stereocenters. The average Bonchev–Trinajstić information content (AvgIpc) is 2.67. The lowest BCUT2D eigenvalue weighted by molar-refractivity contribution is -0.127. The molecule has 0 radical (unpaired) electrons. The summed E-state index contributed by atoms with van der Waals surface area (Å²) in [5.41, 5.74) is 2.65. The molecule has 2 N–H and O–H groups in total. The van der Waals surface area contributed by atoms with E-state index in [1.54, 1.807) is 0 Å². The van der Waals surface area contributed by atoms with Gasteiger partial charge in [0.2, 0.25) is 15.9 Å². The number of hydrogen-bond acceptors (Lipinski definition) is 3. The standard InChI is InChI=1S/C24H38N2O3S/c1-16-5-11-22(12-6-16)26-24(27)21-9-7-20(8-10-21)15-25-30(28,29)23-18(3)13-17(2)14-19(23)4/h13-14,16,20-22,25H,5-12,15H2,1-4H3,(H,26,27). The van der Waals surface area contributed by atoms with Crippen LogP contribution in [0.15, 0.2) is 17.0 Å². The summed E-state index contributed by atoms with van der Waals surface area (Å²) in [5, 5.41) is 3.27. The van der Waals surface area contributed by atoms with E-state index in [-0.39, 0.29) is 11.8 Å². The Labute approximate surface area is 182 Å². The minimum Gasteiger partial charge on any atom is -0.353 e. The van der Waals surface area contributed by atoms with Gasteiger partial charge in [-0.05, 0) is 95.1 Å². The first kappa shape index (κ1) is 23.3. The molecule has 6 heteroatoms. The Morgan fingerprint density at radius 3 is 2.07 bits per heavy atom. The Morgan fingerprint density at radius 1 is 0.933 bits per heavy atom. The molecule has 0 heterocycles. The molecule has 2 fully saturated rings. The van der Waals surface area contributed by atoms with Gasteiger partial charge in [0.05, 0.1) is 4.90 Å². The molecule has 2 saturated carbocycles. The predicted octanol–water partition coefficient (Wildman–Crippen LogP) is 4.39. The third-order valence-corrected chi connectivity index (χ3v) is 8.74. The highest BCUT2D eigenvalue weighted by molar-refractivity contribution is 7.89. The van der Waals surface area contributed by atoms with Crippen molar-refractivity contribution in [3.05, 3.63) is 28.8 Å². The summed E-state index contributed by atoms with van der Waals surface area (Å²) >= 11 is 0. The van der Waals surface area contributed by atoms with E-state index in [9.17, 15) is 13.2 Å². The fourth-order valence-corrected chi connectivity index (χ4v) is 6.81. The summed E-state index contributed by atoms with van der Waals surface area (Å²) in [4.78, 5) is 13.0. The number of aryl methyl sites for hydroxylation is 3. The second-order valence-electron chi connectivity index (χ2n) is 9.76. The Morgan fingerprint density at radius 2 is 1.50 bits per heavy atom. The number of amides is 1. The van der Waals surface area contributed by atoms with Crippen molar-refractivity contribution in [2.75, 3.05) is 6.54 Å². The molecular weight excluding hydrogens is 396 g/mol. The van der Waals surface area contributed by atoms with Crippen molar-refractivity contribution < 1.29 is 13.2 Å². The van der Waals surface area contributed by atoms with E-state index in [0.717, 1.165) is 61.1 Å². The summed E-state index contributed by atoms with van der Waals surface area (Å²) in [7, 11) is -3.52. The molecule has 0 spiro atoms. The molecular formula is C24H38N2O3S. The molecule has 1 amide bonds. The highest BCUT2D eigenvalue weighted by Crippen LogP contribution is 2.30. The van der Waals surface area contributed by atoms with Gasteiger partial charge in [0.15, 0.2) is 0 Å². The zero-order valence-corrected chi connectivity index (χ0v) is 19.8. The van der Waals surface area contributed by atoms with E-state index in [4.69, 9.17) is 0 Å². The van der Waals surface area contributed by atoms with Gasteiger partial charge in [0.25, 0.3) is 0 Å². The minimum atomic E-state index is -3.52. The van der Waals surface area contributed by atoms with Crippen molar-refractivity contribution in [1.82, 2.24) is 10.0 Å². The maximum absolute atomic E-state index is 12.9. The number of hydrogen-bond donors (Lipinski definition) is 2. The fraction of sp³-hybridized carbons (Fsp3) is 0.708. The number of benzene rings is 1. The average molecular weight is 435 g/mol. The van der Waals surface area contributed by atoms with Crippen LogP contribution in [0.25, 0.3) is 0 Å². The van der Waals surface area contributed by atoms with E-state index in [2.05, 4.69) is 17.0 Å². The van der Waals surface area contributed by atoms with Gasteiger partial charge in [0, 0.05) is 18.5 Å². The van der Waals surface area contributed by atoms with Crippen molar-refractivity contribution in [3.63, 3.8) is 0 Å². The monoisotopic (exact) mass is 434 g/mol. The molecule has 0 aliphatic heterocycles. The maximum Gasteiger partial charge on any atom is 0.241 e. The largest absolute Gasteiger partial charge is 0.353 e. The van der Waals surface area contributed by atoms with Crippen LogP contribution in [0.2, 0.25) is 0 Å². The van der Waals surface area contributed by atoms with Gasteiger partial charge in [-0.15, -0.1) is 0 Å². The normalized spacial score (nSPS) is 27.6.